The second-order valence-electron chi connectivity index (χ2n) is 3.04. The molecule has 0 radical (unpaired) electrons. The van der Waals surface area contributed by atoms with Gasteiger partial charge in [-0.3, -0.25) is 9.59 Å². The molecule has 0 aliphatic carbocycles. The van der Waals surface area contributed by atoms with Gasteiger partial charge < -0.3 is 15.2 Å². The third kappa shape index (κ3) is 2.85. The van der Waals surface area contributed by atoms with Crippen molar-refractivity contribution in [2.45, 2.75) is 18.9 Å². The number of carboxylic acids is 1. The van der Waals surface area contributed by atoms with Gasteiger partial charge in [0, 0.05) is 0 Å². The normalized spacial score (nSPS) is 26.1. The molecule has 1 aliphatic heterocycles. The van der Waals surface area contributed by atoms with E-state index in [0.717, 1.165) is 6.42 Å². The van der Waals surface area contributed by atoms with Crippen molar-refractivity contribution < 1.29 is 19.4 Å². The molecular weight excluding hydrogens is 210 g/mol. The van der Waals surface area contributed by atoms with Gasteiger partial charge in [0.15, 0.2) is 0 Å². The Morgan fingerprint density at radius 2 is 2.14 bits per heavy atom. The Morgan fingerprint density at radius 3 is 2.64 bits per heavy atom. The molecule has 1 rings (SSSR count). The molecule has 14 heavy (non-hydrogen) atoms. The van der Waals surface area contributed by atoms with Crippen LogP contribution in [-0.2, 0) is 14.3 Å². The van der Waals surface area contributed by atoms with Crippen molar-refractivity contribution in [2.24, 2.45) is 5.92 Å². The number of esters is 1. The van der Waals surface area contributed by atoms with Gasteiger partial charge in [-0.1, -0.05) is 0 Å². The zero-order valence-electron chi connectivity index (χ0n) is 7.86. The maximum atomic E-state index is 11.2. The molecule has 0 saturated carbocycles. The fraction of sp³-hybridized carbons (Fsp3) is 0.750. The van der Waals surface area contributed by atoms with Crippen LogP contribution < -0.4 is 5.32 Å². The minimum atomic E-state index is -0.991. The van der Waals surface area contributed by atoms with Gasteiger partial charge in [-0.15, -0.1) is 12.4 Å². The molecule has 5 nitrogen and oxygen atoms in total. The van der Waals surface area contributed by atoms with E-state index in [2.05, 4.69) is 10.1 Å². The lowest BCUT2D eigenvalue weighted by Crippen LogP contribution is -2.49. The Morgan fingerprint density at radius 1 is 1.50 bits per heavy atom. The number of carbonyl (C=O) groups excluding carboxylic acids is 1. The van der Waals surface area contributed by atoms with E-state index in [1.54, 1.807) is 0 Å². The largest absolute Gasteiger partial charge is 0.480 e. The van der Waals surface area contributed by atoms with Crippen LogP contribution in [0.4, 0.5) is 0 Å². The van der Waals surface area contributed by atoms with E-state index in [-0.39, 0.29) is 12.4 Å². The molecule has 1 fully saturated rings. The highest BCUT2D eigenvalue weighted by molar-refractivity contribution is 5.85. The summed E-state index contributed by atoms with van der Waals surface area (Å²) in [5.41, 5.74) is 0. The third-order valence-corrected chi connectivity index (χ3v) is 2.23. The topological polar surface area (TPSA) is 75.6 Å². The maximum Gasteiger partial charge on any atom is 0.321 e. The summed E-state index contributed by atoms with van der Waals surface area (Å²) in [6.07, 6.45) is 1.39. The first-order valence-corrected chi connectivity index (χ1v) is 4.21. The standard InChI is InChI=1S/C8H13NO4.ClH/c1-13-8(12)5-3-2-4-9-6(5)7(10)11;/h5-6,9H,2-4H2,1H3,(H,10,11);1H/t5-,6+;/m0./s1. The summed E-state index contributed by atoms with van der Waals surface area (Å²) >= 11 is 0. The number of hydrogen-bond donors (Lipinski definition) is 2. The number of ether oxygens (including phenoxy) is 1. The van der Waals surface area contributed by atoms with Gasteiger partial charge in [0.05, 0.1) is 13.0 Å². The number of carboxylic acid groups (broad SMARTS) is 1. The first-order chi connectivity index (χ1) is 6.16. The van der Waals surface area contributed by atoms with Crippen molar-refractivity contribution in [3.05, 3.63) is 0 Å². The van der Waals surface area contributed by atoms with E-state index in [4.69, 9.17) is 5.11 Å². The number of nitrogens with one attached hydrogen (secondary N) is 1. The van der Waals surface area contributed by atoms with Gasteiger partial charge in [0.25, 0.3) is 0 Å². The summed E-state index contributed by atoms with van der Waals surface area (Å²) in [5.74, 6) is -1.98. The second-order valence-corrected chi connectivity index (χ2v) is 3.04. The van der Waals surface area contributed by atoms with Crippen molar-refractivity contribution >= 4 is 24.3 Å². The lowest BCUT2D eigenvalue weighted by Gasteiger charge is -2.27. The Hall–Kier alpha value is -0.810. The van der Waals surface area contributed by atoms with E-state index in [9.17, 15) is 9.59 Å². The highest BCUT2D eigenvalue weighted by atomic mass is 35.5. The third-order valence-electron chi connectivity index (χ3n) is 2.23. The van der Waals surface area contributed by atoms with E-state index < -0.39 is 23.9 Å². The van der Waals surface area contributed by atoms with Crippen molar-refractivity contribution in [3.63, 3.8) is 0 Å². The molecule has 0 aromatic rings. The van der Waals surface area contributed by atoms with Crippen LogP contribution in [0.15, 0.2) is 0 Å². The molecule has 1 heterocycles. The summed E-state index contributed by atoms with van der Waals surface area (Å²) in [4.78, 5) is 21.9. The summed E-state index contributed by atoms with van der Waals surface area (Å²) in [6.45, 7) is 0.643. The molecule has 0 bridgehead atoms. The Labute approximate surface area is 88.2 Å². The maximum absolute atomic E-state index is 11.2. The highest BCUT2D eigenvalue weighted by Crippen LogP contribution is 2.17. The summed E-state index contributed by atoms with van der Waals surface area (Å²) in [5, 5.41) is 11.6. The smallest absolute Gasteiger partial charge is 0.321 e. The van der Waals surface area contributed by atoms with Crippen LogP contribution in [0.2, 0.25) is 0 Å². The fourth-order valence-corrected chi connectivity index (χ4v) is 1.55. The van der Waals surface area contributed by atoms with Crippen LogP contribution in [0.1, 0.15) is 12.8 Å². The van der Waals surface area contributed by atoms with Crippen molar-refractivity contribution in [1.82, 2.24) is 5.32 Å². The number of methoxy groups -OCH3 is 1. The second kappa shape index (κ2) is 5.82. The summed E-state index contributed by atoms with van der Waals surface area (Å²) in [6, 6.07) is -0.791. The van der Waals surface area contributed by atoms with E-state index in [1.165, 1.54) is 7.11 Å². The molecule has 0 spiro atoms. The molecule has 2 N–H and O–H groups in total. The molecule has 82 valence electrons. The van der Waals surface area contributed by atoms with Crippen LogP contribution in [-0.4, -0.2) is 36.7 Å². The zero-order valence-corrected chi connectivity index (χ0v) is 8.67. The van der Waals surface area contributed by atoms with Crippen molar-refractivity contribution in [2.75, 3.05) is 13.7 Å². The van der Waals surface area contributed by atoms with Crippen LogP contribution in [0, 0.1) is 5.92 Å². The van der Waals surface area contributed by atoms with E-state index >= 15 is 0 Å². The quantitative estimate of drug-likeness (QED) is 0.647. The number of rotatable bonds is 2. The molecule has 1 aliphatic rings. The molecule has 6 heteroatoms. The molecule has 0 aromatic carbocycles. The number of piperidine rings is 1. The monoisotopic (exact) mass is 223 g/mol. The van der Waals surface area contributed by atoms with Gasteiger partial charge in [-0.25, -0.2) is 0 Å². The van der Waals surface area contributed by atoms with E-state index in [1.807, 2.05) is 0 Å². The lowest BCUT2D eigenvalue weighted by molar-refractivity contribution is -0.154. The number of hydrogen-bond acceptors (Lipinski definition) is 4. The van der Waals surface area contributed by atoms with Crippen LogP contribution in [0.25, 0.3) is 0 Å². The van der Waals surface area contributed by atoms with Gasteiger partial charge in [0.2, 0.25) is 0 Å². The first kappa shape index (κ1) is 13.2. The summed E-state index contributed by atoms with van der Waals surface area (Å²) < 4.78 is 4.53. The predicted octanol–water partition coefficient (Wildman–Crippen LogP) is 0.0340. The van der Waals surface area contributed by atoms with Crippen LogP contribution >= 0.6 is 12.4 Å². The molecule has 2 atom stereocenters. The number of aliphatic carboxylic acids is 1. The SMILES string of the molecule is COC(=O)[C@H]1CCCN[C@H]1C(=O)O.Cl. The highest BCUT2D eigenvalue weighted by Gasteiger charge is 2.36. The molecule has 0 amide bonds. The predicted molar refractivity (Wildman–Crippen MR) is 51.4 cm³/mol. The zero-order chi connectivity index (χ0) is 9.84. The lowest BCUT2D eigenvalue weighted by atomic mass is 9.91. The average molecular weight is 224 g/mol. The van der Waals surface area contributed by atoms with Gasteiger partial charge in [-0.05, 0) is 19.4 Å². The molecule has 0 aromatic heterocycles. The molecule has 1 saturated heterocycles. The van der Waals surface area contributed by atoms with Gasteiger partial charge in [-0.2, -0.15) is 0 Å². The Bertz CT molecular complexity index is 221. The molecular formula is C8H14ClNO4. The van der Waals surface area contributed by atoms with Crippen LogP contribution in [0.3, 0.4) is 0 Å². The number of halogens is 1. The molecule has 0 unspecified atom stereocenters. The van der Waals surface area contributed by atoms with E-state index in [0.29, 0.717) is 13.0 Å². The minimum Gasteiger partial charge on any atom is -0.480 e. The average Bonchev–Trinajstić information content (AvgIpc) is 2.16. The minimum absolute atomic E-state index is 0. The fourth-order valence-electron chi connectivity index (χ4n) is 1.55. The first-order valence-electron chi connectivity index (χ1n) is 4.21. The van der Waals surface area contributed by atoms with Crippen molar-refractivity contribution in [3.8, 4) is 0 Å². The van der Waals surface area contributed by atoms with Gasteiger partial charge in [0.1, 0.15) is 6.04 Å². The van der Waals surface area contributed by atoms with Gasteiger partial charge >= 0.3 is 11.9 Å². The Kier molecular flexibility index (Phi) is 5.49. The van der Waals surface area contributed by atoms with Crippen LogP contribution in [0.5, 0.6) is 0 Å². The Balaban J connectivity index is 0.00000169. The van der Waals surface area contributed by atoms with Crippen molar-refractivity contribution in [1.29, 1.82) is 0 Å². The number of carbonyl (C=O) groups is 2. The summed E-state index contributed by atoms with van der Waals surface area (Å²) in [7, 11) is 1.27.